The third-order valence-corrected chi connectivity index (χ3v) is 2.80. The molecule has 1 aromatic heterocycles. The molecule has 2 atom stereocenters. The van der Waals surface area contributed by atoms with E-state index in [2.05, 4.69) is 0 Å². The zero-order valence-corrected chi connectivity index (χ0v) is 8.28. The summed E-state index contributed by atoms with van der Waals surface area (Å²) in [6.07, 6.45) is -2.81. The zero-order valence-electron chi connectivity index (χ0n) is 7.47. The smallest absolute Gasteiger partial charge is 0.170 e. The number of aliphatic hydroxyl groups is 2. The second-order valence-electron chi connectivity index (χ2n) is 2.78. The summed E-state index contributed by atoms with van der Waals surface area (Å²) < 4.78 is 0. The molecule has 2 unspecified atom stereocenters. The number of hydrogen-bond acceptors (Lipinski definition) is 5. The van der Waals surface area contributed by atoms with Gasteiger partial charge in [-0.05, 0) is 18.4 Å². The molecular formula is C9H9NO3S. The summed E-state index contributed by atoms with van der Waals surface area (Å²) in [4.78, 5) is 11.5. The molecule has 0 bridgehead atoms. The Labute approximate surface area is 85.0 Å². The van der Waals surface area contributed by atoms with Crippen molar-refractivity contribution in [1.29, 1.82) is 5.26 Å². The summed E-state index contributed by atoms with van der Waals surface area (Å²) in [5.74, 6) is -0.181. The number of nitrogens with zero attached hydrogens (tertiary/aromatic N) is 1. The molecule has 0 saturated heterocycles. The molecule has 0 fully saturated rings. The van der Waals surface area contributed by atoms with E-state index in [9.17, 15) is 9.90 Å². The largest absolute Gasteiger partial charge is 0.384 e. The van der Waals surface area contributed by atoms with Crippen molar-refractivity contribution in [3.05, 3.63) is 21.9 Å². The van der Waals surface area contributed by atoms with Gasteiger partial charge < -0.3 is 10.2 Å². The monoisotopic (exact) mass is 211 g/mol. The maximum Gasteiger partial charge on any atom is 0.170 e. The summed E-state index contributed by atoms with van der Waals surface area (Å²) >= 11 is 1.18. The summed E-state index contributed by atoms with van der Waals surface area (Å²) in [6.45, 7) is 1.38. The van der Waals surface area contributed by atoms with E-state index >= 15 is 0 Å². The zero-order chi connectivity index (χ0) is 10.7. The Morgan fingerprint density at radius 2 is 2.29 bits per heavy atom. The highest BCUT2D eigenvalue weighted by molar-refractivity contribution is 7.12. The predicted octanol–water partition coefficient (Wildman–Crippen LogP) is 0.869. The Morgan fingerprint density at radius 1 is 1.64 bits per heavy atom. The topological polar surface area (TPSA) is 81.3 Å². The van der Waals surface area contributed by atoms with Crippen LogP contribution in [0.15, 0.2) is 11.4 Å². The predicted molar refractivity (Wildman–Crippen MR) is 50.9 cm³/mol. The van der Waals surface area contributed by atoms with Crippen molar-refractivity contribution in [2.24, 2.45) is 0 Å². The molecule has 0 radical (unpaired) electrons. The molecule has 2 N–H and O–H groups in total. The van der Waals surface area contributed by atoms with Crippen molar-refractivity contribution in [3.8, 4) is 6.07 Å². The highest BCUT2D eigenvalue weighted by atomic mass is 32.1. The lowest BCUT2D eigenvalue weighted by atomic mass is 10.1. The Balaban J connectivity index is 3.02. The summed E-state index contributed by atoms with van der Waals surface area (Å²) in [5, 5.41) is 28.6. The first-order chi connectivity index (χ1) is 6.57. The van der Waals surface area contributed by atoms with Gasteiger partial charge in [-0.2, -0.15) is 5.26 Å². The van der Waals surface area contributed by atoms with Crippen LogP contribution in [-0.2, 0) is 0 Å². The quantitative estimate of drug-likeness (QED) is 0.574. The average molecular weight is 211 g/mol. The van der Waals surface area contributed by atoms with Gasteiger partial charge in [0.15, 0.2) is 11.9 Å². The fraction of sp³-hybridized carbons (Fsp3) is 0.333. The van der Waals surface area contributed by atoms with E-state index in [1.165, 1.54) is 30.4 Å². The Kier molecular flexibility index (Phi) is 3.36. The molecule has 1 heterocycles. The van der Waals surface area contributed by atoms with Crippen molar-refractivity contribution in [3.63, 3.8) is 0 Å². The highest BCUT2D eigenvalue weighted by Crippen LogP contribution is 2.26. The van der Waals surface area contributed by atoms with E-state index in [1.54, 1.807) is 5.38 Å². The van der Waals surface area contributed by atoms with Crippen molar-refractivity contribution in [1.82, 2.24) is 0 Å². The van der Waals surface area contributed by atoms with Gasteiger partial charge in [-0.15, -0.1) is 11.3 Å². The first kappa shape index (κ1) is 10.9. The average Bonchev–Trinajstić information content (AvgIpc) is 2.63. The first-order valence-electron chi connectivity index (χ1n) is 3.92. The van der Waals surface area contributed by atoms with Crippen LogP contribution < -0.4 is 0 Å². The van der Waals surface area contributed by atoms with Gasteiger partial charge in [-0.1, -0.05) is 0 Å². The Bertz CT molecular complexity index is 380. The number of aliphatic hydroxyl groups excluding tert-OH is 2. The van der Waals surface area contributed by atoms with E-state index in [-0.39, 0.29) is 5.78 Å². The summed E-state index contributed by atoms with van der Waals surface area (Å²) in [7, 11) is 0. The standard InChI is InChI=1S/C9H9NO3S/c1-5(11)9-6(2-3-14-9)8(13)7(12)4-10/h2-3,7-8,12-13H,1H3. The second-order valence-corrected chi connectivity index (χ2v) is 3.70. The van der Waals surface area contributed by atoms with Crippen molar-refractivity contribution >= 4 is 17.1 Å². The molecule has 5 heteroatoms. The number of Topliss-reactive ketones (excluding diaryl/α,β-unsaturated/α-hetero) is 1. The maximum atomic E-state index is 11.1. The second kappa shape index (κ2) is 4.33. The fourth-order valence-corrected chi connectivity index (χ4v) is 1.92. The molecule has 0 aromatic carbocycles. The third-order valence-electron chi connectivity index (χ3n) is 1.77. The number of carbonyl (C=O) groups excluding carboxylic acids is 1. The van der Waals surface area contributed by atoms with Crippen LogP contribution in [0.2, 0.25) is 0 Å². The minimum Gasteiger partial charge on any atom is -0.384 e. The van der Waals surface area contributed by atoms with E-state index in [0.29, 0.717) is 10.4 Å². The van der Waals surface area contributed by atoms with Gasteiger partial charge in [0.25, 0.3) is 0 Å². The van der Waals surface area contributed by atoms with Gasteiger partial charge >= 0.3 is 0 Å². The van der Waals surface area contributed by atoms with Crippen LogP contribution in [-0.4, -0.2) is 22.1 Å². The van der Waals surface area contributed by atoms with Gasteiger partial charge in [-0.3, -0.25) is 4.79 Å². The van der Waals surface area contributed by atoms with E-state index in [1.807, 2.05) is 0 Å². The van der Waals surface area contributed by atoms with Crippen LogP contribution in [0.25, 0.3) is 0 Å². The lowest BCUT2D eigenvalue weighted by Crippen LogP contribution is -2.16. The van der Waals surface area contributed by atoms with Crippen molar-refractivity contribution in [2.75, 3.05) is 0 Å². The van der Waals surface area contributed by atoms with Gasteiger partial charge in [0.1, 0.15) is 6.10 Å². The van der Waals surface area contributed by atoms with Crippen molar-refractivity contribution in [2.45, 2.75) is 19.1 Å². The van der Waals surface area contributed by atoms with Crippen LogP contribution in [0.4, 0.5) is 0 Å². The number of carbonyl (C=O) groups is 1. The third kappa shape index (κ3) is 1.99. The number of hydrogen-bond donors (Lipinski definition) is 2. The molecule has 0 saturated carbocycles. The van der Waals surface area contributed by atoms with Gasteiger partial charge in [-0.25, -0.2) is 0 Å². The Hall–Kier alpha value is -1.22. The fourth-order valence-electron chi connectivity index (χ4n) is 1.08. The van der Waals surface area contributed by atoms with Crippen LogP contribution >= 0.6 is 11.3 Å². The minimum atomic E-state index is -1.50. The molecule has 74 valence electrons. The minimum absolute atomic E-state index is 0.181. The van der Waals surface area contributed by atoms with Crippen molar-refractivity contribution < 1.29 is 15.0 Å². The number of thiophene rings is 1. The molecule has 14 heavy (non-hydrogen) atoms. The van der Waals surface area contributed by atoms with Crippen LogP contribution in [0.1, 0.15) is 28.3 Å². The summed E-state index contributed by atoms with van der Waals surface area (Å²) in [6, 6.07) is 3.05. The molecular weight excluding hydrogens is 202 g/mol. The molecule has 0 amide bonds. The molecule has 1 rings (SSSR count). The molecule has 0 aliphatic carbocycles. The van der Waals surface area contributed by atoms with Crippen LogP contribution in [0.5, 0.6) is 0 Å². The lowest BCUT2D eigenvalue weighted by Gasteiger charge is -2.11. The number of rotatable bonds is 3. The molecule has 4 nitrogen and oxygen atoms in total. The maximum absolute atomic E-state index is 11.1. The molecule has 0 spiro atoms. The van der Waals surface area contributed by atoms with E-state index in [4.69, 9.17) is 10.4 Å². The van der Waals surface area contributed by atoms with Gasteiger partial charge in [0, 0.05) is 5.56 Å². The van der Waals surface area contributed by atoms with E-state index < -0.39 is 12.2 Å². The van der Waals surface area contributed by atoms with Crippen LogP contribution in [0, 0.1) is 11.3 Å². The number of nitriles is 1. The summed E-state index contributed by atoms with van der Waals surface area (Å²) in [5.41, 5.74) is 0.316. The SMILES string of the molecule is CC(=O)c1sccc1C(O)C(O)C#N. The highest BCUT2D eigenvalue weighted by Gasteiger charge is 2.22. The normalized spacial score (nSPS) is 14.4. The lowest BCUT2D eigenvalue weighted by molar-refractivity contribution is 0.0523. The first-order valence-corrected chi connectivity index (χ1v) is 4.80. The molecule has 1 aromatic rings. The molecule has 0 aliphatic heterocycles. The van der Waals surface area contributed by atoms with E-state index in [0.717, 1.165) is 0 Å². The van der Waals surface area contributed by atoms with Crippen LogP contribution in [0.3, 0.4) is 0 Å². The van der Waals surface area contributed by atoms with Gasteiger partial charge in [0.05, 0.1) is 10.9 Å². The number of ketones is 1. The Morgan fingerprint density at radius 3 is 2.79 bits per heavy atom. The van der Waals surface area contributed by atoms with Gasteiger partial charge in [0.2, 0.25) is 0 Å². The molecule has 0 aliphatic rings.